The van der Waals surface area contributed by atoms with Crippen molar-refractivity contribution < 1.29 is 4.57 Å². The van der Waals surface area contributed by atoms with Gasteiger partial charge in [-0.25, -0.2) is 9.55 Å². The molecule has 0 radical (unpaired) electrons. The molecule has 0 aliphatic rings. The number of rotatable bonds is 4. The lowest BCUT2D eigenvalue weighted by Gasteiger charge is -2.11. The molecular weight excluding hydrogens is 506 g/mol. The van der Waals surface area contributed by atoms with E-state index < -0.39 is 0 Å². The molecule has 2 aromatic heterocycles. The van der Waals surface area contributed by atoms with Crippen LogP contribution in [0.3, 0.4) is 0 Å². The molecule has 7 rings (SSSR count). The first-order chi connectivity index (χ1) is 19.5. The Morgan fingerprint density at radius 3 is 2.17 bits per heavy atom. The Morgan fingerprint density at radius 2 is 1.38 bits per heavy atom. The van der Waals surface area contributed by atoms with Crippen LogP contribution in [-0.2, 0) is 7.05 Å². The van der Waals surface area contributed by atoms with Gasteiger partial charge in [0, 0.05) is 11.1 Å². The van der Waals surface area contributed by atoms with Crippen molar-refractivity contribution in [2.24, 2.45) is 7.05 Å². The van der Waals surface area contributed by atoms with Crippen molar-refractivity contribution in [1.82, 2.24) is 9.55 Å². The van der Waals surface area contributed by atoms with Gasteiger partial charge in [-0.2, -0.15) is 4.57 Å². The Morgan fingerprint density at radius 1 is 0.675 bits per heavy atom. The second-order valence-electron chi connectivity index (χ2n) is 10.5. The molecule has 0 saturated heterocycles. The lowest BCUT2D eigenvalue weighted by atomic mass is 10.0. The number of para-hydroxylation sites is 3. The van der Waals surface area contributed by atoms with Crippen molar-refractivity contribution >= 4 is 32.6 Å². The second-order valence-corrected chi connectivity index (χ2v) is 11.5. The van der Waals surface area contributed by atoms with Gasteiger partial charge in [0.1, 0.15) is 10.7 Å². The molecule has 7 aromatic rings. The number of benzene rings is 5. The fourth-order valence-electron chi connectivity index (χ4n) is 5.97. The first kappa shape index (κ1) is 24.5. The number of aryl methyl sites for hydroxylation is 4. The van der Waals surface area contributed by atoms with E-state index >= 15 is 0 Å². The number of thiazole rings is 1. The molecule has 3 nitrogen and oxygen atoms in total. The van der Waals surface area contributed by atoms with Crippen LogP contribution in [0.25, 0.3) is 60.0 Å². The first-order valence-corrected chi connectivity index (χ1v) is 14.5. The third-order valence-corrected chi connectivity index (χ3v) is 8.95. The van der Waals surface area contributed by atoms with Crippen molar-refractivity contribution in [3.8, 4) is 38.8 Å². The fraction of sp³-hybridized carbons (Fsp3) is 0.111. The summed E-state index contributed by atoms with van der Waals surface area (Å²) in [5.41, 5.74) is 13.2. The molecule has 0 saturated carbocycles. The summed E-state index contributed by atoms with van der Waals surface area (Å²) >= 11 is 1.78. The summed E-state index contributed by atoms with van der Waals surface area (Å²) < 4.78 is 5.96. The van der Waals surface area contributed by atoms with Crippen molar-refractivity contribution in [2.75, 3.05) is 0 Å². The van der Waals surface area contributed by atoms with Crippen molar-refractivity contribution in [3.05, 3.63) is 126 Å². The van der Waals surface area contributed by atoms with Gasteiger partial charge in [0.05, 0.1) is 22.8 Å². The molecule has 0 aliphatic heterocycles. The third-order valence-electron chi connectivity index (χ3n) is 7.91. The molecule has 0 fully saturated rings. The highest BCUT2D eigenvalue weighted by molar-refractivity contribution is 7.21. The minimum absolute atomic E-state index is 1.05. The Labute approximate surface area is 238 Å². The summed E-state index contributed by atoms with van der Waals surface area (Å²) in [6.45, 7) is 6.55. The van der Waals surface area contributed by atoms with Crippen LogP contribution in [0.1, 0.15) is 16.7 Å². The Kier molecular flexibility index (Phi) is 5.87. The van der Waals surface area contributed by atoms with Crippen LogP contribution in [0.4, 0.5) is 0 Å². The molecular formula is C36H30N3S+. The van der Waals surface area contributed by atoms with E-state index in [1.54, 1.807) is 11.3 Å². The molecule has 40 heavy (non-hydrogen) atoms. The summed E-state index contributed by atoms with van der Waals surface area (Å²) in [4.78, 5) is 5.10. The number of nitrogens with zero attached hydrogens (tertiary/aromatic N) is 3. The summed E-state index contributed by atoms with van der Waals surface area (Å²) in [6, 6.07) is 39.1. The minimum Gasteiger partial charge on any atom is -0.236 e. The van der Waals surface area contributed by atoms with Gasteiger partial charge in [-0.15, -0.1) is 11.3 Å². The van der Waals surface area contributed by atoms with E-state index in [-0.39, 0.29) is 0 Å². The largest absolute Gasteiger partial charge is 0.295 e. The fourth-order valence-corrected chi connectivity index (χ4v) is 7.13. The number of hydrogen-bond acceptors (Lipinski definition) is 2. The van der Waals surface area contributed by atoms with Gasteiger partial charge in [0.15, 0.2) is 11.0 Å². The lowest BCUT2D eigenvalue weighted by Crippen LogP contribution is -2.30. The lowest BCUT2D eigenvalue weighted by molar-refractivity contribution is -0.633. The molecule has 0 amide bonds. The predicted molar refractivity (Wildman–Crippen MR) is 168 cm³/mol. The first-order valence-electron chi connectivity index (χ1n) is 13.6. The van der Waals surface area contributed by atoms with Crippen LogP contribution in [-0.4, -0.2) is 9.55 Å². The monoisotopic (exact) mass is 536 g/mol. The van der Waals surface area contributed by atoms with Gasteiger partial charge in [0.2, 0.25) is 0 Å². The molecule has 5 aromatic carbocycles. The van der Waals surface area contributed by atoms with E-state index in [4.69, 9.17) is 4.98 Å². The molecule has 0 spiro atoms. The second kappa shape index (κ2) is 9.58. The maximum absolute atomic E-state index is 5.10. The maximum Gasteiger partial charge on any atom is 0.295 e. The van der Waals surface area contributed by atoms with Gasteiger partial charge < -0.3 is 0 Å². The molecule has 0 aliphatic carbocycles. The molecule has 4 heteroatoms. The van der Waals surface area contributed by atoms with Crippen LogP contribution < -0.4 is 4.57 Å². The van der Waals surface area contributed by atoms with Crippen LogP contribution in [0, 0.1) is 20.8 Å². The zero-order chi connectivity index (χ0) is 27.4. The number of fused-ring (bicyclic) bond motifs is 2. The summed E-state index contributed by atoms with van der Waals surface area (Å²) in [6.07, 6.45) is 0. The van der Waals surface area contributed by atoms with Gasteiger partial charge in [-0.1, -0.05) is 78.9 Å². The topological polar surface area (TPSA) is 21.7 Å². The van der Waals surface area contributed by atoms with Crippen LogP contribution >= 0.6 is 11.3 Å². The standard InChI is InChI=1S/C36H30N3S/c1-23-13-12-14-24(2)34(23)35-37-29-21-25(3)28(22-33(29)40-35)36-38(4)31-19-10-11-20-32(31)39(36)30-18-9-8-17-27(30)26-15-6-5-7-16-26/h5-22H,1-4H3/q+1. The van der Waals surface area contributed by atoms with E-state index in [1.807, 2.05) is 0 Å². The average molecular weight is 537 g/mol. The third kappa shape index (κ3) is 3.87. The molecule has 0 N–H and O–H groups in total. The zero-order valence-electron chi connectivity index (χ0n) is 23.1. The molecule has 194 valence electrons. The van der Waals surface area contributed by atoms with Crippen molar-refractivity contribution in [2.45, 2.75) is 20.8 Å². The van der Waals surface area contributed by atoms with Gasteiger partial charge in [0.25, 0.3) is 5.82 Å². The van der Waals surface area contributed by atoms with Crippen LogP contribution in [0.2, 0.25) is 0 Å². The summed E-state index contributed by atoms with van der Waals surface area (Å²) in [7, 11) is 2.18. The van der Waals surface area contributed by atoms with Crippen molar-refractivity contribution in [3.63, 3.8) is 0 Å². The van der Waals surface area contributed by atoms with E-state index in [1.165, 1.54) is 60.4 Å². The van der Waals surface area contributed by atoms with E-state index in [0.29, 0.717) is 0 Å². The Bertz CT molecular complexity index is 2030. The quantitative estimate of drug-likeness (QED) is 0.206. The Hall–Kier alpha value is -4.54. The Balaban J connectivity index is 1.51. The highest BCUT2D eigenvalue weighted by Gasteiger charge is 2.29. The number of hydrogen-bond donors (Lipinski definition) is 0. The summed E-state index contributed by atoms with van der Waals surface area (Å²) in [5.74, 6) is 1.16. The SMILES string of the molecule is Cc1cc2nc(-c3c(C)cccc3C)sc2cc1-c1n(-c2ccccc2-c2ccccc2)c2ccccc2[n+]1C. The molecule has 2 heterocycles. The molecule has 0 unspecified atom stereocenters. The van der Waals surface area contributed by atoms with Gasteiger partial charge >= 0.3 is 0 Å². The number of imidazole rings is 1. The van der Waals surface area contributed by atoms with E-state index in [0.717, 1.165) is 16.3 Å². The van der Waals surface area contributed by atoms with Crippen molar-refractivity contribution in [1.29, 1.82) is 0 Å². The average Bonchev–Trinajstić information content (AvgIpc) is 3.50. The normalized spacial score (nSPS) is 11.5. The van der Waals surface area contributed by atoms with Crippen LogP contribution in [0.15, 0.2) is 109 Å². The highest BCUT2D eigenvalue weighted by atomic mass is 32.1. The highest BCUT2D eigenvalue weighted by Crippen LogP contribution is 2.39. The smallest absolute Gasteiger partial charge is 0.236 e. The predicted octanol–water partition coefficient (Wildman–Crippen LogP) is 8.99. The van der Waals surface area contributed by atoms with E-state index in [2.05, 4.69) is 146 Å². The summed E-state index contributed by atoms with van der Waals surface area (Å²) in [5, 5.41) is 1.08. The van der Waals surface area contributed by atoms with Gasteiger partial charge in [-0.3, -0.25) is 0 Å². The van der Waals surface area contributed by atoms with E-state index in [9.17, 15) is 0 Å². The zero-order valence-corrected chi connectivity index (χ0v) is 24.0. The minimum atomic E-state index is 1.05. The molecule has 0 bridgehead atoms. The van der Waals surface area contributed by atoms with Crippen LogP contribution in [0.5, 0.6) is 0 Å². The maximum atomic E-state index is 5.10. The van der Waals surface area contributed by atoms with Gasteiger partial charge in [-0.05, 0) is 73.4 Å². The number of aromatic nitrogens is 3. The molecule has 0 atom stereocenters.